The maximum absolute atomic E-state index is 12.5. The second kappa shape index (κ2) is 8.60. The monoisotopic (exact) mass is 373 g/mol. The SMILES string of the molecule is CC(C)OCCCNc1ncc2c(n1)C[C@H](c1ccccc1Cl)CC2=O. The van der Waals surface area contributed by atoms with Crippen LogP contribution in [0.25, 0.3) is 0 Å². The summed E-state index contributed by atoms with van der Waals surface area (Å²) >= 11 is 6.32. The molecule has 0 fully saturated rings. The molecule has 26 heavy (non-hydrogen) atoms. The quantitative estimate of drug-likeness (QED) is 0.734. The van der Waals surface area contributed by atoms with E-state index < -0.39 is 0 Å². The third-order valence-corrected chi connectivity index (χ3v) is 4.78. The lowest BCUT2D eigenvalue weighted by Gasteiger charge is -2.24. The Balaban J connectivity index is 1.67. The van der Waals surface area contributed by atoms with Crippen LogP contribution >= 0.6 is 11.6 Å². The number of carbonyl (C=O) groups is 1. The van der Waals surface area contributed by atoms with Crippen LogP contribution in [-0.2, 0) is 11.2 Å². The summed E-state index contributed by atoms with van der Waals surface area (Å²) in [5.74, 6) is 0.694. The minimum atomic E-state index is 0.0610. The molecular formula is C20H24ClN3O2. The molecule has 0 saturated heterocycles. The molecule has 1 N–H and O–H groups in total. The maximum atomic E-state index is 12.5. The highest BCUT2D eigenvalue weighted by atomic mass is 35.5. The standard InChI is InChI=1S/C20H24ClN3O2/c1-13(2)26-9-5-8-22-20-23-12-16-18(24-20)10-14(11-19(16)25)15-6-3-4-7-17(15)21/h3-4,6-7,12-14H,5,8-11H2,1-2H3,(H,22,23,24)/t14-/m0/s1. The lowest BCUT2D eigenvalue weighted by atomic mass is 9.82. The summed E-state index contributed by atoms with van der Waals surface area (Å²) in [6, 6.07) is 7.70. The first-order chi connectivity index (χ1) is 12.5. The highest BCUT2D eigenvalue weighted by Crippen LogP contribution is 2.35. The van der Waals surface area contributed by atoms with Gasteiger partial charge in [0.05, 0.1) is 17.4 Å². The lowest BCUT2D eigenvalue weighted by molar-refractivity contribution is 0.0787. The Morgan fingerprint density at radius 2 is 2.12 bits per heavy atom. The number of hydrogen-bond acceptors (Lipinski definition) is 5. The summed E-state index contributed by atoms with van der Waals surface area (Å²) in [4.78, 5) is 21.4. The van der Waals surface area contributed by atoms with Crippen LogP contribution in [0.1, 0.15) is 54.2 Å². The Bertz CT molecular complexity index is 779. The third kappa shape index (κ3) is 4.59. The number of aromatic nitrogens is 2. The summed E-state index contributed by atoms with van der Waals surface area (Å²) in [6.07, 6.45) is 3.89. The van der Waals surface area contributed by atoms with Gasteiger partial charge in [-0.1, -0.05) is 29.8 Å². The molecule has 0 amide bonds. The van der Waals surface area contributed by atoms with Crippen LogP contribution in [0.15, 0.2) is 30.5 Å². The van der Waals surface area contributed by atoms with Crippen molar-refractivity contribution in [2.75, 3.05) is 18.5 Å². The first-order valence-electron chi connectivity index (χ1n) is 9.03. The molecule has 0 unspecified atom stereocenters. The number of nitrogens with one attached hydrogen (secondary N) is 1. The van der Waals surface area contributed by atoms with Gasteiger partial charge in [-0.25, -0.2) is 9.97 Å². The van der Waals surface area contributed by atoms with Crippen molar-refractivity contribution in [2.45, 2.75) is 45.1 Å². The zero-order valence-corrected chi connectivity index (χ0v) is 15.9. The van der Waals surface area contributed by atoms with Crippen LogP contribution in [0.5, 0.6) is 0 Å². The predicted molar refractivity (Wildman–Crippen MR) is 103 cm³/mol. The van der Waals surface area contributed by atoms with Crippen LogP contribution < -0.4 is 5.32 Å². The van der Waals surface area contributed by atoms with Crippen molar-refractivity contribution < 1.29 is 9.53 Å². The Labute approximate surface area is 159 Å². The number of nitrogens with zero attached hydrogens (tertiary/aromatic N) is 2. The van der Waals surface area contributed by atoms with Gasteiger partial charge < -0.3 is 10.1 Å². The van der Waals surface area contributed by atoms with Crippen molar-refractivity contribution >= 4 is 23.3 Å². The number of carbonyl (C=O) groups excluding carboxylic acids is 1. The minimum absolute atomic E-state index is 0.0610. The fraction of sp³-hybridized carbons (Fsp3) is 0.450. The van der Waals surface area contributed by atoms with Crippen LogP contribution in [0, 0.1) is 0 Å². The van der Waals surface area contributed by atoms with Gasteiger partial charge in [0.15, 0.2) is 5.78 Å². The van der Waals surface area contributed by atoms with Gasteiger partial charge >= 0.3 is 0 Å². The van der Waals surface area contributed by atoms with Gasteiger partial charge in [0.2, 0.25) is 5.95 Å². The van der Waals surface area contributed by atoms with E-state index in [-0.39, 0.29) is 17.8 Å². The van der Waals surface area contributed by atoms with Crippen molar-refractivity contribution in [3.8, 4) is 0 Å². The lowest BCUT2D eigenvalue weighted by Crippen LogP contribution is -2.22. The van der Waals surface area contributed by atoms with Crippen molar-refractivity contribution in [1.29, 1.82) is 0 Å². The maximum Gasteiger partial charge on any atom is 0.222 e. The number of benzene rings is 1. The molecule has 0 bridgehead atoms. The summed E-state index contributed by atoms with van der Waals surface area (Å²) in [5, 5.41) is 3.91. The highest BCUT2D eigenvalue weighted by molar-refractivity contribution is 6.31. The number of halogens is 1. The molecular weight excluding hydrogens is 350 g/mol. The van der Waals surface area contributed by atoms with E-state index in [4.69, 9.17) is 16.3 Å². The van der Waals surface area contributed by atoms with Crippen molar-refractivity contribution in [1.82, 2.24) is 9.97 Å². The molecule has 5 nitrogen and oxygen atoms in total. The van der Waals surface area contributed by atoms with E-state index >= 15 is 0 Å². The normalized spacial score (nSPS) is 16.6. The van der Waals surface area contributed by atoms with E-state index in [1.165, 1.54) is 0 Å². The number of anilines is 1. The zero-order valence-electron chi connectivity index (χ0n) is 15.2. The Hall–Kier alpha value is -1.98. The first-order valence-corrected chi connectivity index (χ1v) is 9.41. The Kier molecular flexibility index (Phi) is 6.22. The molecule has 0 radical (unpaired) electrons. The first kappa shape index (κ1) is 18.8. The number of rotatable bonds is 7. The molecule has 0 saturated carbocycles. The van der Waals surface area contributed by atoms with Crippen molar-refractivity contribution in [2.24, 2.45) is 0 Å². The molecule has 6 heteroatoms. The molecule has 1 aromatic carbocycles. The van der Waals surface area contributed by atoms with E-state index in [1.54, 1.807) is 6.20 Å². The molecule has 3 rings (SSSR count). The van der Waals surface area contributed by atoms with Gasteiger partial charge in [-0.15, -0.1) is 0 Å². The summed E-state index contributed by atoms with van der Waals surface area (Å²) in [7, 11) is 0. The fourth-order valence-corrected chi connectivity index (χ4v) is 3.44. The predicted octanol–water partition coefficient (Wildman–Crippen LogP) is 4.27. The van der Waals surface area contributed by atoms with Gasteiger partial charge in [0.25, 0.3) is 0 Å². The van der Waals surface area contributed by atoms with Crippen LogP contribution in [0.4, 0.5) is 5.95 Å². The number of fused-ring (bicyclic) bond motifs is 1. The molecule has 138 valence electrons. The van der Waals surface area contributed by atoms with Gasteiger partial charge in [-0.2, -0.15) is 0 Å². The van der Waals surface area contributed by atoms with Gasteiger partial charge in [0.1, 0.15) is 0 Å². The van der Waals surface area contributed by atoms with E-state index in [2.05, 4.69) is 15.3 Å². The van der Waals surface area contributed by atoms with E-state index in [9.17, 15) is 4.79 Å². The highest BCUT2D eigenvalue weighted by Gasteiger charge is 2.29. The topological polar surface area (TPSA) is 64.1 Å². The second-order valence-electron chi connectivity index (χ2n) is 6.80. The Morgan fingerprint density at radius 1 is 1.31 bits per heavy atom. The summed E-state index contributed by atoms with van der Waals surface area (Å²) in [5.41, 5.74) is 2.43. The van der Waals surface area contributed by atoms with Crippen molar-refractivity contribution in [3.05, 3.63) is 52.3 Å². The molecule has 1 aromatic heterocycles. The number of Topliss-reactive ketones (excluding diaryl/α,β-unsaturated/α-hetero) is 1. The molecule has 0 aliphatic heterocycles. The average molecular weight is 374 g/mol. The van der Waals surface area contributed by atoms with Gasteiger partial charge in [0, 0.05) is 30.8 Å². The molecule has 2 aromatic rings. The van der Waals surface area contributed by atoms with E-state index in [1.807, 2.05) is 38.1 Å². The number of hydrogen-bond donors (Lipinski definition) is 1. The number of ketones is 1. The third-order valence-electron chi connectivity index (χ3n) is 4.44. The van der Waals surface area contributed by atoms with Crippen LogP contribution in [-0.4, -0.2) is 35.0 Å². The van der Waals surface area contributed by atoms with Gasteiger partial charge in [-0.3, -0.25) is 4.79 Å². The summed E-state index contributed by atoms with van der Waals surface area (Å²) in [6.45, 7) is 5.47. The smallest absolute Gasteiger partial charge is 0.222 e. The van der Waals surface area contributed by atoms with Crippen LogP contribution in [0.3, 0.4) is 0 Å². The van der Waals surface area contributed by atoms with Crippen molar-refractivity contribution in [3.63, 3.8) is 0 Å². The number of ether oxygens (including phenoxy) is 1. The summed E-state index contributed by atoms with van der Waals surface area (Å²) < 4.78 is 5.52. The minimum Gasteiger partial charge on any atom is -0.379 e. The van der Waals surface area contributed by atoms with Crippen LogP contribution in [0.2, 0.25) is 5.02 Å². The zero-order chi connectivity index (χ0) is 18.5. The largest absolute Gasteiger partial charge is 0.379 e. The molecule has 1 heterocycles. The van der Waals surface area contributed by atoms with Gasteiger partial charge in [-0.05, 0) is 44.2 Å². The molecule has 0 spiro atoms. The Morgan fingerprint density at radius 3 is 2.88 bits per heavy atom. The molecule has 1 aliphatic carbocycles. The fourth-order valence-electron chi connectivity index (χ4n) is 3.15. The second-order valence-corrected chi connectivity index (χ2v) is 7.21. The average Bonchev–Trinajstić information content (AvgIpc) is 2.61. The molecule has 1 aliphatic rings. The van der Waals surface area contributed by atoms with E-state index in [0.717, 1.165) is 24.2 Å². The van der Waals surface area contributed by atoms with E-state index in [0.29, 0.717) is 36.0 Å². The molecule has 1 atom stereocenters.